The molecule has 2 rings (SSSR count). The first-order valence-corrected chi connectivity index (χ1v) is 7.74. The Balaban J connectivity index is 2.06. The molecule has 0 saturated heterocycles. The topological polar surface area (TPSA) is 49.4 Å². The molecule has 0 bridgehead atoms. The van der Waals surface area contributed by atoms with Crippen LogP contribution in [0.3, 0.4) is 0 Å². The second kappa shape index (κ2) is 7.58. The number of nitrogens with zero attached hydrogens (tertiary/aromatic N) is 1. The molecule has 120 valence electrons. The van der Waals surface area contributed by atoms with Gasteiger partial charge in [-0.05, 0) is 44.0 Å². The molecule has 0 aliphatic heterocycles. The van der Waals surface area contributed by atoms with E-state index in [1.807, 2.05) is 69.3 Å². The van der Waals surface area contributed by atoms with Crippen LogP contribution in [-0.4, -0.2) is 18.4 Å². The summed E-state index contributed by atoms with van der Waals surface area (Å²) in [6, 6.07) is 15.2. The Labute approximate surface area is 137 Å². The van der Waals surface area contributed by atoms with Crippen molar-refractivity contribution in [2.24, 2.45) is 0 Å². The van der Waals surface area contributed by atoms with Gasteiger partial charge in [0, 0.05) is 17.9 Å². The van der Waals surface area contributed by atoms with Crippen LogP contribution in [0, 0.1) is 13.8 Å². The maximum absolute atomic E-state index is 12.4. The van der Waals surface area contributed by atoms with E-state index in [1.165, 1.54) is 0 Å². The molecule has 0 aliphatic carbocycles. The van der Waals surface area contributed by atoms with Gasteiger partial charge >= 0.3 is 0 Å². The lowest BCUT2D eigenvalue weighted by molar-refractivity contribution is -0.125. The van der Waals surface area contributed by atoms with E-state index < -0.39 is 0 Å². The van der Waals surface area contributed by atoms with E-state index in [1.54, 1.807) is 4.90 Å². The summed E-state index contributed by atoms with van der Waals surface area (Å²) in [5.74, 6) is -0.496. The summed E-state index contributed by atoms with van der Waals surface area (Å²) in [5, 5.41) is 2.85. The zero-order valence-corrected chi connectivity index (χ0v) is 13.8. The van der Waals surface area contributed by atoms with Gasteiger partial charge in [-0.15, -0.1) is 0 Å². The highest BCUT2D eigenvalue weighted by Crippen LogP contribution is 2.20. The third-order valence-electron chi connectivity index (χ3n) is 3.74. The van der Waals surface area contributed by atoms with Gasteiger partial charge in [0.2, 0.25) is 11.8 Å². The van der Waals surface area contributed by atoms with E-state index in [-0.39, 0.29) is 18.2 Å². The van der Waals surface area contributed by atoms with Crippen LogP contribution in [0.2, 0.25) is 0 Å². The van der Waals surface area contributed by atoms with Gasteiger partial charge in [-0.2, -0.15) is 0 Å². The van der Waals surface area contributed by atoms with Crippen molar-refractivity contribution in [1.29, 1.82) is 0 Å². The van der Waals surface area contributed by atoms with Gasteiger partial charge in [-0.25, -0.2) is 0 Å². The van der Waals surface area contributed by atoms with Crippen molar-refractivity contribution < 1.29 is 9.59 Å². The van der Waals surface area contributed by atoms with Crippen LogP contribution < -0.4 is 10.2 Å². The number of aryl methyl sites for hydroxylation is 2. The summed E-state index contributed by atoms with van der Waals surface area (Å²) in [5.41, 5.74) is 3.57. The molecule has 0 radical (unpaired) electrons. The Morgan fingerprint density at radius 2 is 1.57 bits per heavy atom. The van der Waals surface area contributed by atoms with Gasteiger partial charge < -0.3 is 10.2 Å². The van der Waals surface area contributed by atoms with Gasteiger partial charge in [0.05, 0.1) is 0 Å². The van der Waals surface area contributed by atoms with Crippen molar-refractivity contribution >= 4 is 23.2 Å². The monoisotopic (exact) mass is 310 g/mol. The lowest BCUT2D eigenvalue weighted by Crippen LogP contribution is -2.33. The SMILES string of the molecule is CCN(C(=O)CC(=O)Nc1c(C)cccc1C)c1ccccc1. The number of benzene rings is 2. The maximum Gasteiger partial charge on any atom is 0.236 e. The summed E-state index contributed by atoms with van der Waals surface area (Å²) in [6.07, 6.45) is -0.170. The highest BCUT2D eigenvalue weighted by molar-refractivity contribution is 6.09. The van der Waals surface area contributed by atoms with Crippen LogP contribution in [0.5, 0.6) is 0 Å². The quantitative estimate of drug-likeness (QED) is 0.856. The number of amides is 2. The molecule has 2 aromatic carbocycles. The average molecular weight is 310 g/mol. The fourth-order valence-electron chi connectivity index (χ4n) is 2.54. The number of hydrogen-bond acceptors (Lipinski definition) is 2. The van der Waals surface area contributed by atoms with Crippen molar-refractivity contribution in [1.82, 2.24) is 0 Å². The molecular formula is C19H22N2O2. The van der Waals surface area contributed by atoms with Crippen LogP contribution in [0.4, 0.5) is 11.4 Å². The van der Waals surface area contributed by atoms with Gasteiger partial charge in [0.25, 0.3) is 0 Å². The zero-order chi connectivity index (χ0) is 16.8. The molecule has 0 unspecified atom stereocenters. The Morgan fingerprint density at radius 1 is 0.957 bits per heavy atom. The van der Waals surface area contributed by atoms with Crippen molar-refractivity contribution in [3.8, 4) is 0 Å². The summed E-state index contributed by atoms with van der Waals surface area (Å²) in [6.45, 7) is 6.30. The van der Waals surface area contributed by atoms with Gasteiger partial charge in [0.1, 0.15) is 6.42 Å². The minimum Gasteiger partial charge on any atom is -0.325 e. The number of rotatable bonds is 5. The van der Waals surface area contributed by atoms with Crippen LogP contribution in [0.15, 0.2) is 48.5 Å². The predicted molar refractivity (Wildman–Crippen MR) is 93.6 cm³/mol. The number of nitrogens with one attached hydrogen (secondary N) is 1. The number of hydrogen-bond donors (Lipinski definition) is 1. The van der Waals surface area contributed by atoms with Crippen molar-refractivity contribution in [2.45, 2.75) is 27.2 Å². The fourth-order valence-corrected chi connectivity index (χ4v) is 2.54. The number of carbonyl (C=O) groups is 2. The van der Waals surface area contributed by atoms with Crippen LogP contribution in [0.1, 0.15) is 24.5 Å². The standard InChI is InChI=1S/C19H22N2O2/c1-4-21(16-11-6-5-7-12-16)18(23)13-17(22)20-19-14(2)9-8-10-15(19)3/h5-12H,4,13H2,1-3H3,(H,20,22). The van der Waals surface area contributed by atoms with E-state index in [9.17, 15) is 9.59 Å². The summed E-state index contributed by atoms with van der Waals surface area (Å²) < 4.78 is 0. The van der Waals surface area contributed by atoms with E-state index in [4.69, 9.17) is 0 Å². The predicted octanol–water partition coefficient (Wildman–Crippen LogP) is 3.69. The van der Waals surface area contributed by atoms with E-state index >= 15 is 0 Å². The van der Waals surface area contributed by atoms with Crippen LogP contribution >= 0.6 is 0 Å². The normalized spacial score (nSPS) is 10.2. The van der Waals surface area contributed by atoms with Crippen LogP contribution in [-0.2, 0) is 9.59 Å². The van der Waals surface area contributed by atoms with Gasteiger partial charge in [0.15, 0.2) is 0 Å². The number of para-hydroxylation sites is 2. The summed E-state index contributed by atoms with van der Waals surface area (Å²) >= 11 is 0. The molecule has 0 heterocycles. The largest absolute Gasteiger partial charge is 0.325 e. The van der Waals surface area contributed by atoms with E-state index in [0.29, 0.717) is 6.54 Å². The minimum atomic E-state index is -0.290. The molecule has 0 aromatic heterocycles. The Hall–Kier alpha value is -2.62. The molecule has 0 aliphatic rings. The molecule has 4 heteroatoms. The first-order chi connectivity index (χ1) is 11.0. The molecule has 4 nitrogen and oxygen atoms in total. The molecular weight excluding hydrogens is 288 g/mol. The lowest BCUT2D eigenvalue weighted by atomic mass is 10.1. The third kappa shape index (κ3) is 4.19. The van der Waals surface area contributed by atoms with Crippen molar-refractivity contribution in [3.05, 3.63) is 59.7 Å². The third-order valence-corrected chi connectivity index (χ3v) is 3.74. The Bertz CT molecular complexity index is 676. The van der Waals surface area contributed by atoms with Crippen LogP contribution in [0.25, 0.3) is 0 Å². The van der Waals surface area contributed by atoms with E-state index in [0.717, 1.165) is 22.5 Å². The second-order valence-corrected chi connectivity index (χ2v) is 5.47. The molecule has 23 heavy (non-hydrogen) atoms. The van der Waals surface area contributed by atoms with Crippen molar-refractivity contribution in [2.75, 3.05) is 16.8 Å². The summed E-state index contributed by atoms with van der Waals surface area (Å²) in [7, 11) is 0. The molecule has 2 amide bonds. The fraction of sp³-hybridized carbons (Fsp3) is 0.263. The Kier molecular flexibility index (Phi) is 5.52. The Morgan fingerprint density at radius 3 is 2.13 bits per heavy atom. The minimum absolute atomic E-state index is 0.170. The number of anilines is 2. The first kappa shape index (κ1) is 16.7. The highest BCUT2D eigenvalue weighted by atomic mass is 16.2. The highest BCUT2D eigenvalue weighted by Gasteiger charge is 2.18. The van der Waals surface area contributed by atoms with E-state index in [2.05, 4.69) is 5.32 Å². The van der Waals surface area contributed by atoms with Gasteiger partial charge in [-0.3, -0.25) is 9.59 Å². The molecule has 0 atom stereocenters. The molecule has 2 aromatic rings. The summed E-state index contributed by atoms with van der Waals surface area (Å²) in [4.78, 5) is 26.2. The molecule has 0 saturated carbocycles. The maximum atomic E-state index is 12.4. The smallest absolute Gasteiger partial charge is 0.236 e. The number of carbonyl (C=O) groups excluding carboxylic acids is 2. The molecule has 0 fully saturated rings. The molecule has 1 N–H and O–H groups in total. The second-order valence-electron chi connectivity index (χ2n) is 5.47. The van der Waals surface area contributed by atoms with Crippen molar-refractivity contribution in [3.63, 3.8) is 0 Å². The average Bonchev–Trinajstić information content (AvgIpc) is 2.53. The molecule has 0 spiro atoms. The zero-order valence-electron chi connectivity index (χ0n) is 13.8. The first-order valence-electron chi connectivity index (χ1n) is 7.74. The lowest BCUT2D eigenvalue weighted by Gasteiger charge is -2.21. The van der Waals surface area contributed by atoms with Gasteiger partial charge in [-0.1, -0.05) is 36.4 Å².